The molecule has 0 aliphatic carbocycles. The van der Waals surface area contributed by atoms with E-state index in [1.165, 1.54) is 4.88 Å². The summed E-state index contributed by atoms with van der Waals surface area (Å²) in [6, 6.07) is 4.27. The van der Waals surface area contributed by atoms with E-state index in [1.54, 1.807) is 11.3 Å². The average molecular weight is 288 g/mol. The normalized spacial score (nSPS) is 12.7. The fraction of sp³-hybridized carbons (Fsp3) is 0.643. The van der Waals surface area contributed by atoms with Crippen LogP contribution < -0.4 is 5.32 Å². The molecule has 0 fully saturated rings. The third-order valence-corrected chi connectivity index (χ3v) is 4.02. The summed E-state index contributed by atoms with van der Waals surface area (Å²) in [5.41, 5.74) is 0. The minimum atomic E-state index is 0.112. The monoisotopic (exact) mass is 287 g/mol. The van der Waals surface area contributed by atoms with E-state index in [4.69, 9.17) is 11.6 Å². The molecule has 1 atom stereocenters. The van der Waals surface area contributed by atoms with Crippen molar-refractivity contribution in [2.75, 3.05) is 5.88 Å². The zero-order chi connectivity index (χ0) is 13.4. The van der Waals surface area contributed by atoms with Gasteiger partial charge in [0, 0.05) is 23.2 Å². The first-order chi connectivity index (χ1) is 8.61. The molecule has 0 saturated carbocycles. The molecule has 1 rings (SSSR count). The van der Waals surface area contributed by atoms with Crippen molar-refractivity contribution >= 4 is 28.8 Å². The Morgan fingerprint density at radius 3 is 2.83 bits per heavy atom. The molecule has 0 aromatic carbocycles. The predicted octanol–water partition coefficient (Wildman–Crippen LogP) is 3.84. The number of carbonyl (C=O) groups is 1. The van der Waals surface area contributed by atoms with Crippen LogP contribution in [0.3, 0.4) is 0 Å². The van der Waals surface area contributed by atoms with Crippen LogP contribution in [-0.4, -0.2) is 17.8 Å². The third kappa shape index (κ3) is 6.41. The van der Waals surface area contributed by atoms with Crippen molar-refractivity contribution < 1.29 is 4.79 Å². The van der Waals surface area contributed by atoms with Gasteiger partial charge in [-0.15, -0.1) is 22.9 Å². The molecule has 1 aromatic heterocycles. The summed E-state index contributed by atoms with van der Waals surface area (Å²) in [7, 11) is 0. The van der Waals surface area contributed by atoms with Crippen molar-refractivity contribution in [1.29, 1.82) is 0 Å². The molecular formula is C14H22ClNOS. The second-order valence-corrected chi connectivity index (χ2v) is 6.32. The first kappa shape index (κ1) is 15.5. The Morgan fingerprint density at radius 1 is 1.50 bits per heavy atom. The molecule has 0 bridgehead atoms. The van der Waals surface area contributed by atoms with Crippen LogP contribution in [0.4, 0.5) is 0 Å². The van der Waals surface area contributed by atoms with E-state index in [9.17, 15) is 4.79 Å². The van der Waals surface area contributed by atoms with E-state index in [1.807, 2.05) is 6.07 Å². The van der Waals surface area contributed by atoms with E-state index >= 15 is 0 Å². The van der Waals surface area contributed by atoms with Crippen LogP contribution in [0.5, 0.6) is 0 Å². The smallest absolute Gasteiger partial charge is 0.220 e. The van der Waals surface area contributed by atoms with Crippen LogP contribution in [0.2, 0.25) is 0 Å². The lowest BCUT2D eigenvalue weighted by molar-refractivity contribution is -0.121. The summed E-state index contributed by atoms with van der Waals surface area (Å²) in [5.74, 6) is 1.17. The van der Waals surface area contributed by atoms with E-state index in [2.05, 4.69) is 30.6 Å². The fourth-order valence-electron chi connectivity index (χ4n) is 1.91. The zero-order valence-electron chi connectivity index (χ0n) is 11.1. The maximum absolute atomic E-state index is 11.8. The molecule has 1 heterocycles. The van der Waals surface area contributed by atoms with Crippen LogP contribution in [0.1, 0.15) is 38.0 Å². The minimum absolute atomic E-state index is 0.112. The maximum atomic E-state index is 11.8. The number of alkyl halides is 1. The second-order valence-electron chi connectivity index (χ2n) is 4.98. The molecule has 1 aromatic rings. The predicted molar refractivity (Wildman–Crippen MR) is 79.4 cm³/mol. The van der Waals surface area contributed by atoms with E-state index in [0.29, 0.717) is 18.2 Å². The Balaban J connectivity index is 2.19. The summed E-state index contributed by atoms with van der Waals surface area (Å²) in [6.45, 7) is 4.28. The van der Waals surface area contributed by atoms with Crippen LogP contribution >= 0.6 is 22.9 Å². The third-order valence-electron chi connectivity index (χ3n) is 2.71. The van der Waals surface area contributed by atoms with Crippen molar-refractivity contribution in [2.24, 2.45) is 5.92 Å². The second kappa shape index (κ2) is 8.54. The minimum Gasteiger partial charge on any atom is -0.352 e. The van der Waals surface area contributed by atoms with Gasteiger partial charge in [-0.2, -0.15) is 0 Å². The van der Waals surface area contributed by atoms with Gasteiger partial charge in [0.1, 0.15) is 0 Å². The molecule has 2 nitrogen and oxygen atoms in total. The summed E-state index contributed by atoms with van der Waals surface area (Å²) < 4.78 is 0. The Bertz CT molecular complexity index is 338. The van der Waals surface area contributed by atoms with Gasteiger partial charge >= 0.3 is 0 Å². The summed E-state index contributed by atoms with van der Waals surface area (Å²) in [4.78, 5) is 13.1. The molecular weight excluding hydrogens is 266 g/mol. The number of nitrogens with one attached hydrogen (secondary N) is 1. The number of carbonyl (C=O) groups excluding carboxylic acids is 1. The number of thiophene rings is 1. The van der Waals surface area contributed by atoms with Gasteiger partial charge in [0.2, 0.25) is 5.91 Å². The highest BCUT2D eigenvalue weighted by Crippen LogP contribution is 2.12. The van der Waals surface area contributed by atoms with Crippen molar-refractivity contribution in [3.8, 4) is 0 Å². The number of rotatable bonds is 8. The lowest BCUT2D eigenvalue weighted by atomic mass is 10.0. The quantitative estimate of drug-likeness (QED) is 0.723. The molecule has 1 unspecified atom stereocenters. The average Bonchev–Trinajstić information content (AvgIpc) is 2.80. The highest BCUT2D eigenvalue weighted by molar-refractivity contribution is 7.09. The highest BCUT2D eigenvalue weighted by Gasteiger charge is 2.12. The number of halogens is 1. The van der Waals surface area contributed by atoms with Gasteiger partial charge in [-0.05, 0) is 36.6 Å². The molecule has 1 N–H and O–H groups in total. The lowest BCUT2D eigenvalue weighted by Crippen LogP contribution is -2.37. The highest BCUT2D eigenvalue weighted by atomic mass is 35.5. The molecule has 0 aliphatic rings. The van der Waals surface area contributed by atoms with Crippen molar-refractivity contribution in [1.82, 2.24) is 5.32 Å². The van der Waals surface area contributed by atoms with Crippen molar-refractivity contribution in [3.05, 3.63) is 22.4 Å². The number of amides is 1. The molecule has 1 amide bonds. The van der Waals surface area contributed by atoms with E-state index < -0.39 is 0 Å². The van der Waals surface area contributed by atoms with Crippen molar-refractivity contribution in [3.63, 3.8) is 0 Å². The van der Waals surface area contributed by atoms with Gasteiger partial charge in [-0.3, -0.25) is 4.79 Å². The van der Waals surface area contributed by atoms with Gasteiger partial charge < -0.3 is 5.32 Å². The van der Waals surface area contributed by atoms with Gasteiger partial charge in [-0.1, -0.05) is 19.9 Å². The largest absolute Gasteiger partial charge is 0.352 e. The molecule has 0 aliphatic heterocycles. The number of hydrogen-bond acceptors (Lipinski definition) is 2. The topological polar surface area (TPSA) is 29.1 Å². The van der Waals surface area contributed by atoms with Crippen LogP contribution in [0, 0.1) is 5.92 Å². The van der Waals surface area contributed by atoms with E-state index in [-0.39, 0.29) is 11.9 Å². The van der Waals surface area contributed by atoms with Gasteiger partial charge in [0.05, 0.1) is 0 Å². The SMILES string of the molecule is CC(C)CC(CCl)NC(=O)CCCc1cccs1. The molecule has 4 heteroatoms. The molecule has 18 heavy (non-hydrogen) atoms. The van der Waals surface area contributed by atoms with Crippen LogP contribution in [0.25, 0.3) is 0 Å². The molecule has 102 valence electrons. The fourth-order valence-corrected chi connectivity index (χ4v) is 2.86. The van der Waals surface area contributed by atoms with Gasteiger partial charge in [0.15, 0.2) is 0 Å². The van der Waals surface area contributed by atoms with Crippen molar-refractivity contribution in [2.45, 2.75) is 45.6 Å². The molecule has 0 radical (unpaired) electrons. The Morgan fingerprint density at radius 2 is 2.28 bits per heavy atom. The first-order valence-electron chi connectivity index (χ1n) is 6.49. The summed E-state index contributed by atoms with van der Waals surface area (Å²) in [5, 5.41) is 5.08. The van der Waals surface area contributed by atoms with Gasteiger partial charge in [0.25, 0.3) is 0 Å². The molecule has 0 spiro atoms. The Labute approximate surface area is 119 Å². The summed E-state index contributed by atoms with van der Waals surface area (Å²) >= 11 is 7.61. The summed E-state index contributed by atoms with van der Waals surface area (Å²) in [6.07, 6.45) is 3.42. The van der Waals surface area contributed by atoms with Gasteiger partial charge in [-0.25, -0.2) is 0 Å². The Kier molecular flexibility index (Phi) is 7.36. The number of hydrogen-bond donors (Lipinski definition) is 1. The first-order valence-corrected chi connectivity index (χ1v) is 7.91. The number of aryl methyl sites for hydroxylation is 1. The van der Waals surface area contributed by atoms with Crippen LogP contribution in [0.15, 0.2) is 17.5 Å². The maximum Gasteiger partial charge on any atom is 0.220 e. The van der Waals surface area contributed by atoms with Crippen LogP contribution in [-0.2, 0) is 11.2 Å². The van der Waals surface area contributed by atoms with E-state index in [0.717, 1.165) is 19.3 Å². The standard InChI is InChI=1S/C14H22ClNOS/c1-11(2)9-12(10-15)16-14(17)7-3-5-13-6-4-8-18-13/h4,6,8,11-12H,3,5,7,9-10H2,1-2H3,(H,16,17). The Hall–Kier alpha value is -0.540. The molecule has 0 saturated heterocycles. The zero-order valence-corrected chi connectivity index (χ0v) is 12.7. The lowest BCUT2D eigenvalue weighted by Gasteiger charge is -2.17.